The first kappa shape index (κ1) is 16.3. The van der Waals surface area contributed by atoms with Crippen molar-refractivity contribution >= 4 is 46.3 Å². The summed E-state index contributed by atoms with van der Waals surface area (Å²) < 4.78 is 2.08. The lowest BCUT2D eigenvalue weighted by Gasteiger charge is -2.10. The van der Waals surface area contributed by atoms with E-state index in [1.165, 1.54) is 0 Å². The molecule has 1 aromatic heterocycles. The summed E-state index contributed by atoms with van der Waals surface area (Å²) in [6, 6.07) is 10.3. The highest BCUT2D eigenvalue weighted by Gasteiger charge is 2.33. The minimum absolute atomic E-state index is 0.169. The molecule has 0 aliphatic carbocycles. The number of carbonyl (C=O) groups is 2. The zero-order valence-electron chi connectivity index (χ0n) is 12.2. The molecule has 24 heavy (non-hydrogen) atoms. The normalized spacial score (nSPS) is 16.2. The average molecular weight is 360 g/mol. The van der Waals surface area contributed by atoms with Gasteiger partial charge in [-0.05, 0) is 42.5 Å². The van der Waals surface area contributed by atoms with Crippen molar-refractivity contribution in [3.8, 4) is 11.4 Å². The molecule has 122 valence electrons. The summed E-state index contributed by atoms with van der Waals surface area (Å²) in [4.78, 5) is 24.6. The number of nitrogens with zero attached hydrogens (tertiary/aromatic N) is 2. The van der Waals surface area contributed by atoms with Crippen LogP contribution in [0.4, 0.5) is 0 Å². The van der Waals surface area contributed by atoms with Crippen molar-refractivity contribution in [2.75, 3.05) is 6.54 Å². The number of benzene rings is 1. The predicted molar refractivity (Wildman–Crippen MR) is 94.9 cm³/mol. The number of carboxylic acids is 1. The van der Waals surface area contributed by atoms with Gasteiger partial charge in [0.25, 0.3) is 5.91 Å². The molecule has 1 saturated heterocycles. The molecule has 8 heteroatoms. The Balaban J connectivity index is 1.92. The Bertz CT molecular complexity index is 855. The molecule has 1 aliphatic rings. The smallest absolute Gasteiger partial charge is 0.323 e. The van der Waals surface area contributed by atoms with Gasteiger partial charge in [-0.25, -0.2) is 0 Å². The van der Waals surface area contributed by atoms with Crippen LogP contribution in [0.15, 0.2) is 47.5 Å². The first-order chi connectivity index (χ1) is 11.5. The number of hydrogen-bond acceptors (Lipinski definition) is 5. The predicted octanol–water partition coefficient (Wildman–Crippen LogP) is 2.47. The van der Waals surface area contributed by atoms with Crippen LogP contribution in [0, 0.1) is 0 Å². The molecule has 2 N–H and O–H groups in total. The van der Waals surface area contributed by atoms with Gasteiger partial charge in [-0.2, -0.15) is 0 Å². The second-order valence-electron chi connectivity index (χ2n) is 4.98. The largest absolute Gasteiger partial charge is 0.508 e. The van der Waals surface area contributed by atoms with Crippen molar-refractivity contribution in [2.24, 2.45) is 0 Å². The number of carboxylic acid groups (broad SMARTS) is 1. The van der Waals surface area contributed by atoms with Gasteiger partial charge in [0.05, 0.1) is 4.91 Å². The Labute approximate surface area is 147 Å². The van der Waals surface area contributed by atoms with Gasteiger partial charge in [-0.15, -0.1) is 0 Å². The van der Waals surface area contributed by atoms with Crippen molar-refractivity contribution in [2.45, 2.75) is 0 Å². The van der Waals surface area contributed by atoms with Crippen LogP contribution in [-0.4, -0.2) is 42.4 Å². The minimum Gasteiger partial charge on any atom is -0.508 e. The lowest BCUT2D eigenvalue weighted by Crippen LogP contribution is -2.33. The summed E-state index contributed by atoms with van der Waals surface area (Å²) in [7, 11) is 0. The van der Waals surface area contributed by atoms with E-state index in [1.807, 2.05) is 22.9 Å². The van der Waals surface area contributed by atoms with Crippen LogP contribution in [0.3, 0.4) is 0 Å². The topological polar surface area (TPSA) is 82.8 Å². The van der Waals surface area contributed by atoms with E-state index < -0.39 is 18.4 Å². The fourth-order valence-corrected chi connectivity index (χ4v) is 3.51. The Hall–Kier alpha value is -2.58. The number of aromatic nitrogens is 1. The van der Waals surface area contributed by atoms with Crippen LogP contribution >= 0.6 is 24.0 Å². The summed E-state index contributed by atoms with van der Waals surface area (Å²) in [6.07, 6.45) is 3.50. The second kappa shape index (κ2) is 6.50. The van der Waals surface area contributed by atoms with Crippen LogP contribution in [0.1, 0.15) is 5.69 Å². The number of aliphatic carboxylic acids is 1. The van der Waals surface area contributed by atoms with Gasteiger partial charge in [0, 0.05) is 17.6 Å². The maximum absolute atomic E-state index is 12.3. The molecule has 0 radical (unpaired) electrons. The molecule has 1 aromatic carbocycles. The molecule has 3 rings (SSSR count). The van der Waals surface area contributed by atoms with Crippen LogP contribution in [-0.2, 0) is 9.59 Å². The van der Waals surface area contributed by atoms with Crippen LogP contribution < -0.4 is 0 Å². The quantitative estimate of drug-likeness (QED) is 0.644. The summed E-state index contributed by atoms with van der Waals surface area (Å²) in [5.41, 5.74) is 1.57. The standard InChI is InChI=1S/C16H12N2O4S2/c19-12-5-3-10(4-6-12)17-7-1-2-11(17)8-13-15(22)18(9-14(20)21)16(23)24-13/h1-8,19H,9H2,(H,20,21). The first-order valence-corrected chi connectivity index (χ1v) is 8.12. The fraction of sp³-hybridized carbons (Fsp3) is 0.0625. The summed E-state index contributed by atoms with van der Waals surface area (Å²) in [5.74, 6) is -1.35. The monoisotopic (exact) mass is 360 g/mol. The molecule has 1 fully saturated rings. The zero-order valence-corrected chi connectivity index (χ0v) is 13.9. The maximum atomic E-state index is 12.3. The Morgan fingerprint density at radius 2 is 1.96 bits per heavy atom. The van der Waals surface area contributed by atoms with E-state index >= 15 is 0 Å². The SMILES string of the molecule is O=C(O)CN1C(=O)C(=Cc2cccn2-c2ccc(O)cc2)SC1=S. The van der Waals surface area contributed by atoms with Gasteiger partial charge in [0.15, 0.2) is 0 Å². The van der Waals surface area contributed by atoms with Crippen molar-refractivity contribution in [1.29, 1.82) is 0 Å². The molecule has 0 unspecified atom stereocenters. The van der Waals surface area contributed by atoms with Gasteiger partial charge in [-0.1, -0.05) is 24.0 Å². The van der Waals surface area contributed by atoms with Gasteiger partial charge >= 0.3 is 5.97 Å². The van der Waals surface area contributed by atoms with Gasteiger partial charge < -0.3 is 14.8 Å². The summed E-state index contributed by atoms with van der Waals surface area (Å²) in [5, 5.41) is 18.2. The first-order valence-electron chi connectivity index (χ1n) is 6.89. The van der Waals surface area contributed by atoms with E-state index in [9.17, 15) is 14.7 Å². The molecule has 0 spiro atoms. The highest BCUT2D eigenvalue weighted by atomic mass is 32.2. The molecule has 0 atom stereocenters. The Kier molecular flexibility index (Phi) is 4.41. The third-order valence-electron chi connectivity index (χ3n) is 3.35. The minimum atomic E-state index is -1.11. The third kappa shape index (κ3) is 3.19. The Morgan fingerprint density at radius 3 is 2.62 bits per heavy atom. The van der Waals surface area contributed by atoms with Crippen molar-refractivity contribution in [3.05, 3.63) is 53.2 Å². The average Bonchev–Trinajstić information content (AvgIpc) is 3.09. The number of rotatable bonds is 4. The van der Waals surface area contributed by atoms with Crippen molar-refractivity contribution in [3.63, 3.8) is 0 Å². The number of thiocarbonyl (C=S) groups is 1. The zero-order chi connectivity index (χ0) is 17.3. The molecular weight excluding hydrogens is 348 g/mol. The van der Waals surface area contributed by atoms with E-state index in [0.717, 1.165) is 28.0 Å². The molecular formula is C16H12N2O4S2. The van der Waals surface area contributed by atoms with E-state index in [1.54, 1.807) is 30.3 Å². The van der Waals surface area contributed by atoms with Gasteiger partial charge in [-0.3, -0.25) is 14.5 Å². The Morgan fingerprint density at radius 1 is 1.25 bits per heavy atom. The van der Waals surface area contributed by atoms with Crippen LogP contribution in [0.25, 0.3) is 11.8 Å². The molecule has 2 heterocycles. The second-order valence-corrected chi connectivity index (χ2v) is 6.66. The molecule has 2 aromatic rings. The molecule has 0 bridgehead atoms. The van der Waals surface area contributed by atoms with Gasteiger partial charge in [0.1, 0.15) is 16.6 Å². The van der Waals surface area contributed by atoms with E-state index in [2.05, 4.69) is 0 Å². The highest BCUT2D eigenvalue weighted by Crippen LogP contribution is 2.32. The number of hydrogen-bond donors (Lipinski definition) is 2. The molecule has 1 aliphatic heterocycles. The van der Waals surface area contributed by atoms with E-state index in [-0.39, 0.29) is 10.1 Å². The lowest BCUT2D eigenvalue weighted by atomic mass is 10.3. The fourth-order valence-electron chi connectivity index (χ4n) is 2.27. The van der Waals surface area contributed by atoms with Gasteiger partial charge in [0.2, 0.25) is 0 Å². The number of carbonyl (C=O) groups excluding carboxylic acids is 1. The highest BCUT2D eigenvalue weighted by molar-refractivity contribution is 8.26. The third-order valence-corrected chi connectivity index (χ3v) is 4.73. The van der Waals surface area contributed by atoms with E-state index in [0.29, 0.717) is 4.91 Å². The lowest BCUT2D eigenvalue weighted by molar-refractivity contribution is -0.140. The number of thioether (sulfide) groups is 1. The van der Waals surface area contributed by atoms with Crippen molar-refractivity contribution < 1.29 is 19.8 Å². The van der Waals surface area contributed by atoms with Crippen LogP contribution in [0.2, 0.25) is 0 Å². The molecule has 1 amide bonds. The van der Waals surface area contributed by atoms with Crippen molar-refractivity contribution in [1.82, 2.24) is 9.47 Å². The number of phenolic OH excluding ortho intramolecular Hbond substituents is 1. The van der Waals surface area contributed by atoms with E-state index in [4.69, 9.17) is 17.3 Å². The molecule has 6 nitrogen and oxygen atoms in total. The number of phenols is 1. The molecule has 0 saturated carbocycles. The number of aromatic hydroxyl groups is 1. The van der Waals surface area contributed by atoms with Crippen LogP contribution in [0.5, 0.6) is 5.75 Å². The maximum Gasteiger partial charge on any atom is 0.323 e. The number of amides is 1. The summed E-state index contributed by atoms with van der Waals surface area (Å²) in [6.45, 7) is -0.443. The summed E-state index contributed by atoms with van der Waals surface area (Å²) >= 11 is 6.16.